The molecule has 0 heterocycles. The number of carboxylic acids is 1. The van der Waals surface area contributed by atoms with E-state index in [9.17, 15) is 9.36 Å². The van der Waals surface area contributed by atoms with E-state index in [1.165, 1.54) is 0 Å². The first-order valence-corrected chi connectivity index (χ1v) is 3.37. The van der Waals surface area contributed by atoms with Crippen LogP contribution in [0, 0.1) is 0 Å². The minimum atomic E-state index is -4.60. The Balaban J connectivity index is -0.000000320. The van der Waals surface area contributed by atoms with Crippen molar-refractivity contribution >= 4 is 13.8 Å². The third-order valence-electron chi connectivity index (χ3n) is 0.356. The molecule has 0 bridgehead atoms. The maximum Gasteiger partial charge on any atom is 1.00 e. The molecule has 0 spiro atoms. The molecular weight excluding hydrogens is 158 g/mol. The van der Waals surface area contributed by atoms with Gasteiger partial charge >= 0.3 is 32.7 Å². The summed E-state index contributed by atoms with van der Waals surface area (Å²) in [5.74, 6) is -1.42. The van der Waals surface area contributed by atoms with Crippen LogP contribution in [0.2, 0.25) is 0 Å². The number of hydrogen-bond donors (Lipinski definition) is 3. The van der Waals surface area contributed by atoms with Gasteiger partial charge in [-0.15, -0.1) is 0 Å². The molecule has 0 rings (SSSR count). The molecule has 0 atom stereocenters. The average Bonchev–Trinajstić information content (AvgIpc) is 1.59. The number of hydrogen-bond acceptors (Lipinski definition) is 3. The first-order valence-electron chi connectivity index (χ1n) is 1.84. The number of phosphoric acid groups is 1. The smallest absolute Gasteiger partial charge is 1.00 e. The number of carbonyl (C=O) groups is 1. The average molecular weight is 164 g/mol. The van der Waals surface area contributed by atoms with Gasteiger partial charge in [-0.1, -0.05) is 0 Å². The predicted octanol–water partition coefficient (Wildman–Crippen LogP) is -3.70. The third kappa shape index (κ3) is 11.0. The van der Waals surface area contributed by atoms with E-state index in [1.54, 1.807) is 0 Å². The molecule has 0 aliphatic rings. The summed E-state index contributed by atoms with van der Waals surface area (Å²) in [4.78, 5) is 25.4. The second-order valence-corrected chi connectivity index (χ2v) is 2.40. The van der Waals surface area contributed by atoms with E-state index in [4.69, 9.17) is 14.9 Å². The van der Waals surface area contributed by atoms with Crippen LogP contribution >= 0.6 is 7.82 Å². The number of aliphatic carboxylic acids is 1. The molecule has 0 aromatic rings. The van der Waals surface area contributed by atoms with E-state index in [1.807, 2.05) is 0 Å². The molecule has 0 amide bonds. The topological polar surface area (TPSA) is 104 Å². The van der Waals surface area contributed by atoms with Crippen LogP contribution < -0.4 is 18.9 Å². The van der Waals surface area contributed by atoms with Crippen LogP contribution in [0.5, 0.6) is 0 Å². The Hall–Kier alpha value is 0.177. The Morgan fingerprint density at radius 1 is 1.60 bits per heavy atom. The second-order valence-electron chi connectivity index (χ2n) is 1.16. The van der Waals surface area contributed by atoms with Gasteiger partial charge < -0.3 is 16.3 Å². The van der Waals surface area contributed by atoms with Gasteiger partial charge in [0, 0.05) is 0 Å². The summed E-state index contributed by atoms with van der Waals surface area (Å²) < 4.78 is 13.3. The zero-order valence-electron chi connectivity index (χ0n) is 6.22. The van der Waals surface area contributed by atoms with E-state index >= 15 is 0 Å². The van der Waals surface area contributed by atoms with Crippen molar-refractivity contribution in [3.8, 4) is 0 Å². The third-order valence-corrected chi connectivity index (χ3v) is 0.822. The monoisotopic (exact) mass is 164 g/mol. The molecule has 0 fully saturated rings. The first kappa shape index (κ1) is 12.8. The normalized spacial score (nSPS) is 10.2. The first-order chi connectivity index (χ1) is 3.92. The quantitative estimate of drug-likeness (QED) is 0.293. The fraction of sp³-hybridized carbons (Fsp3) is 0.500. The molecule has 0 radical (unpaired) electrons. The van der Waals surface area contributed by atoms with Crippen LogP contribution in [0.1, 0.15) is 1.43 Å². The molecule has 0 aromatic carbocycles. The SMILES string of the molecule is O=C(O)COP(=O)(O)O.[H-].[Li+]. The van der Waals surface area contributed by atoms with Crippen LogP contribution in [0.4, 0.5) is 0 Å². The Kier molecular flexibility index (Phi) is 6.30. The largest absolute Gasteiger partial charge is 1.00 e. The molecule has 10 heavy (non-hydrogen) atoms. The van der Waals surface area contributed by atoms with Gasteiger partial charge in [0.2, 0.25) is 0 Å². The predicted molar refractivity (Wildman–Crippen MR) is 26.7 cm³/mol. The van der Waals surface area contributed by atoms with Crippen LogP contribution in [0.15, 0.2) is 0 Å². The number of rotatable bonds is 3. The Morgan fingerprint density at radius 3 is 2.10 bits per heavy atom. The van der Waals surface area contributed by atoms with Crippen molar-refractivity contribution in [2.75, 3.05) is 6.61 Å². The fourth-order valence-corrected chi connectivity index (χ4v) is 0.418. The second kappa shape index (κ2) is 4.91. The zero-order chi connectivity index (χ0) is 7.49. The Morgan fingerprint density at radius 2 is 2.00 bits per heavy atom. The van der Waals surface area contributed by atoms with E-state index < -0.39 is 20.4 Å². The van der Waals surface area contributed by atoms with Gasteiger partial charge in [-0.25, -0.2) is 9.36 Å². The van der Waals surface area contributed by atoms with Crippen molar-refractivity contribution < 1.29 is 49.1 Å². The molecule has 8 heteroatoms. The standard InChI is InChI=1S/C2H5O6P.Li.H/c3-2(4)1-8-9(5,6)7;;/h1H2,(H,3,4)(H2,5,6,7);;/q;+1;-1. The van der Waals surface area contributed by atoms with Gasteiger partial charge in [-0.05, 0) is 0 Å². The molecule has 0 aliphatic carbocycles. The van der Waals surface area contributed by atoms with E-state index in [-0.39, 0.29) is 20.3 Å². The van der Waals surface area contributed by atoms with E-state index in [0.29, 0.717) is 0 Å². The van der Waals surface area contributed by atoms with E-state index in [0.717, 1.165) is 0 Å². The molecule has 0 unspecified atom stereocenters. The summed E-state index contributed by atoms with van der Waals surface area (Å²) in [5, 5.41) is 7.81. The summed E-state index contributed by atoms with van der Waals surface area (Å²) in [6, 6.07) is 0. The van der Waals surface area contributed by atoms with Gasteiger partial charge in [0.05, 0.1) is 0 Å². The molecule has 6 nitrogen and oxygen atoms in total. The fourth-order valence-electron chi connectivity index (χ4n) is 0.139. The summed E-state index contributed by atoms with van der Waals surface area (Å²) in [5.41, 5.74) is 0. The van der Waals surface area contributed by atoms with Crippen LogP contribution in [-0.4, -0.2) is 27.5 Å². The van der Waals surface area contributed by atoms with Crippen molar-refractivity contribution in [3.05, 3.63) is 0 Å². The molecule has 0 saturated carbocycles. The van der Waals surface area contributed by atoms with Gasteiger partial charge in [0.25, 0.3) is 0 Å². The van der Waals surface area contributed by atoms with Crippen molar-refractivity contribution in [1.29, 1.82) is 0 Å². The molecular formula is C2H6LiO6P. The van der Waals surface area contributed by atoms with Crippen LogP contribution in [0.25, 0.3) is 0 Å². The molecule has 3 N–H and O–H groups in total. The van der Waals surface area contributed by atoms with Crippen molar-refractivity contribution in [1.82, 2.24) is 0 Å². The summed E-state index contributed by atoms with van der Waals surface area (Å²) in [6.45, 7) is -0.982. The molecule has 0 aliphatic heterocycles. The molecule has 0 saturated heterocycles. The van der Waals surface area contributed by atoms with Crippen LogP contribution in [-0.2, 0) is 13.9 Å². The van der Waals surface area contributed by atoms with Gasteiger partial charge in [-0.3, -0.25) is 4.52 Å². The minimum absolute atomic E-state index is 0. The molecule has 56 valence electrons. The zero-order valence-corrected chi connectivity index (χ0v) is 6.12. The van der Waals surface area contributed by atoms with Crippen molar-refractivity contribution in [2.45, 2.75) is 0 Å². The van der Waals surface area contributed by atoms with E-state index in [2.05, 4.69) is 4.52 Å². The minimum Gasteiger partial charge on any atom is -1.00 e. The maximum absolute atomic E-state index is 9.74. The molecule has 0 aromatic heterocycles. The Labute approximate surface area is 70.1 Å². The summed E-state index contributed by atoms with van der Waals surface area (Å²) in [6.07, 6.45) is 0. The van der Waals surface area contributed by atoms with Gasteiger partial charge in [0.15, 0.2) is 6.61 Å². The summed E-state index contributed by atoms with van der Waals surface area (Å²) in [7, 11) is -4.60. The van der Waals surface area contributed by atoms with Crippen LogP contribution in [0.3, 0.4) is 0 Å². The summed E-state index contributed by atoms with van der Waals surface area (Å²) >= 11 is 0. The van der Waals surface area contributed by atoms with Gasteiger partial charge in [0.1, 0.15) is 0 Å². The maximum atomic E-state index is 9.74. The van der Waals surface area contributed by atoms with Crippen molar-refractivity contribution in [2.24, 2.45) is 0 Å². The number of carboxylic acid groups (broad SMARTS) is 1. The number of phosphoric ester groups is 1. The Bertz CT molecular complexity index is 155. The van der Waals surface area contributed by atoms with Gasteiger partial charge in [-0.2, -0.15) is 0 Å². The van der Waals surface area contributed by atoms with Crippen molar-refractivity contribution in [3.63, 3.8) is 0 Å².